The van der Waals surface area contributed by atoms with Gasteiger partial charge in [0.15, 0.2) is 0 Å². The van der Waals surface area contributed by atoms with Crippen molar-refractivity contribution < 1.29 is 0 Å². The number of alkyl halides is 1. The Balaban J connectivity index is 2.02. The highest BCUT2D eigenvalue weighted by Crippen LogP contribution is 1.91. The molecule has 1 heterocycles. The molecule has 1 N–H and O–H groups in total. The molecule has 0 spiro atoms. The van der Waals surface area contributed by atoms with Gasteiger partial charge in [-0.2, -0.15) is 0 Å². The molecule has 74 valence electrons. The van der Waals surface area contributed by atoms with Crippen LogP contribution in [0.15, 0.2) is 18.7 Å². The average Bonchev–Trinajstić information content (AvgIpc) is 2.64. The summed E-state index contributed by atoms with van der Waals surface area (Å²) in [5.74, 6) is 0.672. The standard InChI is InChI=1S/C9H16ClN3/c1-9(7-10)12-3-2-5-13-6-4-11-8-13/h4,6,8-9,12H,2-3,5,7H2,1H3. The van der Waals surface area contributed by atoms with E-state index in [0.29, 0.717) is 11.9 Å². The van der Waals surface area contributed by atoms with E-state index in [1.54, 1.807) is 6.20 Å². The van der Waals surface area contributed by atoms with Crippen LogP contribution in [0.2, 0.25) is 0 Å². The molecule has 1 rings (SSSR count). The van der Waals surface area contributed by atoms with E-state index < -0.39 is 0 Å². The average molecular weight is 202 g/mol. The van der Waals surface area contributed by atoms with Crippen LogP contribution in [-0.2, 0) is 6.54 Å². The highest BCUT2D eigenvalue weighted by atomic mass is 35.5. The van der Waals surface area contributed by atoms with Crippen molar-refractivity contribution >= 4 is 11.6 Å². The quantitative estimate of drug-likeness (QED) is 0.559. The van der Waals surface area contributed by atoms with Crippen LogP contribution in [0.25, 0.3) is 0 Å². The lowest BCUT2D eigenvalue weighted by Crippen LogP contribution is -2.28. The Hall–Kier alpha value is -0.540. The van der Waals surface area contributed by atoms with Crippen molar-refractivity contribution in [2.45, 2.75) is 25.9 Å². The molecule has 1 unspecified atom stereocenters. The van der Waals surface area contributed by atoms with Crippen molar-refractivity contribution in [2.24, 2.45) is 0 Å². The van der Waals surface area contributed by atoms with Gasteiger partial charge in [-0.3, -0.25) is 0 Å². The van der Waals surface area contributed by atoms with Gasteiger partial charge in [0.05, 0.1) is 6.33 Å². The maximum atomic E-state index is 5.65. The molecule has 0 aliphatic rings. The summed E-state index contributed by atoms with van der Waals surface area (Å²) in [6.45, 7) is 4.11. The largest absolute Gasteiger partial charge is 0.337 e. The molecule has 4 heteroatoms. The highest BCUT2D eigenvalue weighted by Gasteiger charge is 1.96. The monoisotopic (exact) mass is 201 g/mol. The fourth-order valence-corrected chi connectivity index (χ4v) is 1.19. The molecule has 0 aliphatic carbocycles. The molecule has 1 aromatic rings. The molecule has 0 radical (unpaired) electrons. The molecule has 3 nitrogen and oxygen atoms in total. The second kappa shape index (κ2) is 6.00. The van der Waals surface area contributed by atoms with E-state index >= 15 is 0 Å². The minimum Gasteiger partial charge on any atom is -0.337 e. The third-order valence-corrected chi connectivity index (χ3v) is 2.34. The van der Waals surface area contributed by atoms with Crippen LogP contribution >= 0.6 is 11.6 Å². The van der Waals surface area contributed by atoms with Crippen molar-refractivity contribution in [3.05, 3.63) is 18.7 Å². The summed E-state index contributed by atoms with van der Waals surface area (Å²) < 4.78 is 2.08. The van der Waals surface area contributed by atoms with Gasteiger partial charge < -0.3 is 9.88 Å². The Bertz CT molecular complexity index is 211. The number of imidazole rings is 1. The summed E-state index contributed by atoms with van der Waals surface area (Å²) in [6.07, 6.45) is 6.72. The lowest BCUT2D eigenvalue weighted by Gasteiger charge is -2.09. The van der Waals surface area contributed by atoms with E-state index in [4.69, 9.17) is 11.6 Å². The van der Waals surface area contributed by atoms with Crippen molar-refractivity contribution in [2.75, 3.05) is 12.4 Å². The zero-order valence-electron chi connectivity index (χ0n) is 7.91. The van der Waals surface area contributed by atoms with Gasteiger partial charge in [-0.05, 0) is 19.9 Å². The van der Waals surface area contributed by atoms with Gasteiger partial charge in [0.2, 0.25) is 0 Å². The fourth-order valence-electron chi connectivity index (χ4n) is 1.08. The topological polar surface area (TPSA) is 29.9 Å². The molecule has 1 atom stereocenters. The maximum absolute atomic E-state index is 5.65. The number of aromatic nitrogens is 2. The number of hydrogen-bond acceptors (Lipinski definition) is 2. The van der Waals surface area contributed by atoms with Gasteiger partial charge in [-0.25, -0.2) is 4.98 Å². The summed E-state index contributed by atoms with van der Waals surface area (Å²) in [5.41, 5.74) is 0. The first-order chi connectivity index (χ1) is 6.33. The third kappa shape index (κ3) is 4.29. The maximum Gasteiger partial charge on any atom is 0.0945 e. The minimum atomic E-state index is 0.407. The number of nitrogens with one attached hydrogen (secondary N) is 1. The summed E-state index contributed by atoms with van der Waals surface area (Å²) in [7, 11) is 0. The number of halogens is 1. The molecule has 0 saturated heterocycles. The predicted octanol–water partition coefficient (Wildman–Crippen LogP) is 1.49. The molecule has 0 saturated carbocycles. The summed E-state index contributed by atoms with van der Waals surface area (Å²) in [4.78, 5) is 3.97. The fraction of sp³-hybridized carbons (Fsp3) is 0.667. The van der Waals surface area contributed by atoms with Crippen molar-refractivity contribution in [3.8, 4) is 0 Å². The summed E-state index contributed by atoms with van der Waals surface area (Å²) in [5, 5.41) is 3.33. The summed E-state index contributed by atoms with van der Waals surface area (Å²) in [6, 6.07) is 0.407. The molecule has 0 fully saturated rings. The van der Waals surface area contributed by atoms with E-state index in [1.165, 1.54) is 0 Å². The van der Waals surface area contributed by atoms with Gasteiger partial charge in [0.25, 0.3) is 0 Å². The molecular formula is C9H16ClN3. The van der Waals surface area contributed by atoms with Gasteiger partial charge in [-0.15, -0.1) is 11.6 Å². The number of hydrogen-bond donors (Lipinski definition) is 1. The van der Waals surface area contributed by atoms with Crippen LogP contribution in [0, 0.1) is 0 Å². The first kappa shape index (κ1) is 10.5. The van der Waals surface area contributed by atoms with Gasteiger partial charge >= 0.3 is 0 Å². The second-order valence-corrected chi connectivity index (χ2v) is 3.47. The molecule has 0 aromatic carbocycles. The molecule has 1 aromatic heterocycles. The third-order valence-electron chi connectivity index (χ3n) is 1.88. The van der Waals surface area contributed by atoms with Crippen LogP contribution in [-0.4, -0.2) is 28.0 Å². The first-order valence-corrected chi connectivity index (χ1v) is 5.11. The highest BCUT2D eigenvalue weighted by molar-refractivity contribution is 6.18. The molecule has 13 heavy (non-hydrogen) atoms. The zero-order chi connectivity index (χ0) is 9.52. The Morgan fingerprint density at radius 3 is 3.08 bits per heavy atom. The molecule has 0 amide bonds. The van der Waals surface area contributed by atoms with Crippen molar-refractivity contribution in [1.82, 2.24) is 14.9 Å². The number of rotatable bonds is 6. The summed E-state index contributed by atoms with van der Waals surface area (Å²) >= 11 is 5.65. The Kier molecular flexibility index (Phi) is 4.86. The zero-order valence-corrected chi connectivity index (χ0v) is 8.67. The van der Waals surface area contributed by atoms with Crippen molar-refractivity contribution in [1.29, 1.82) is 0 Å². The van der Waals surface area contributed by atoms with Crippen molar-refractivity contribution in [3.63, 3.8) is 0 Å². The van der Waals surface area contributed by atoms with Gasteiger partial charge in [0, 0.05) is 30.9 Å². The molecule has 0 bridgehead atoms. The number of nitrogens with zero attached hydrogens (tertiary/aromatic N) is 2. The van der Waals surface area contributed by atoms with Gasteiger partial charge in [-0.1, -0.05) is 0 Å². The first-order valence-electron chi connectivity index (χ1n) is 4.58. The Morgan fingerprint density at radius 1 is 1.62 bits per heavy atom. The molecule has 0 aliphatic heterocycles. The SMILES string of the molecule is CC(CCl)NCCCn1ccnc1. The Morgan fingerprint density at radius 2 is 2.46 bits per heavy atom. The minimum absolute atomic E-state index is 0.407. The van der Waals surface area contributed by atoms with E-state index in [-0.39, 0.29) is 0 Å². The van der Waals surface area contributed by atoms with Crippen LogP contribution in [0.1, 0.15) is 13.3 Å². The van der Waals surface area contributed by atoms with Crippen LogP contribution < -0.4 is 5.32 Å². The van der Waals surface area contributed by atoms with Gasteiger partial charge in [0.1, 0.15) is 0 Å². The normalized spacial score (nSPS) is 13.1. The lowest BCUT2D eigenvalue weighted by molar-refractivity contribution is 0.538. The van der Waals surface area contributed by atoms with Crippen LogP contribution in [0.3, 0.4) is 0 Å². The second-order valence-electron chi connectivity index (χ2n) is 3.16. The van der Waals surface area contributed by atoms with Crippen LogP contribution in [0.4, 0.5) is 0 Å². The predicted molar refractivity (Wildman–Crippen MR) is 55.0 cm³/mol. The smallest absolute Gasteiger partial charge is 0.0945 e. The van der Waals surface area contributed by atoms with E-state index in [1.807, 2.05) is 12.5 Å². The Labute approximate surface area is 84.1 Å². The number of aryl methyl sites for hydroxylation is 1. The van der Waals surface area contributed by atoms with E-state index in [9.17, 15) is 0 Å². The van der Waals surface area contributed by atoms with Crippen LogP contribution in [0.5, 0.6) is 0 Å². The lowest BCUT2D eigenvalue weighted by atomic mass is 10.3. The van der Waals surface area contributed by atoms with E-state index in [2.05, 4.69) is 21.8 Å². The van der Waals surface area contributed by atoms with E-state index in [0.717, 1.165) is 19.5 Å². The molecular weight excluding hydrogens is 186 g/mol.